The third kappa shape index (κ3) is 4.59. The van der Waals surface area contributed by atoms with Crippen LogP contribution in [0.15, 0.2) is 24.5 Å². The molecule has 6 heteroatoms. The molecule has 0 aromatic carbocycles. The second-order valence-corrected chi connectivity index (χ2v) is 4.13. The molecule has 0 aliphatic carbocycles. The number of amides is 1. The van der Waals surface area contributed by atoms with Gasteiger partial charge in [0, 0.05) is 13.1 Å². The van der Waals surface area contributed by atoms with Crippen molar-refractivity contribution in [2.24, 2.45) is 13.0 Å². The summed E-state index contributed by atoms with van der Waals surface area (Å²) in [6, 6.07) is 3.42. The Morgan fingerprint density at radius 1 is 1.39 bits per heavy atom. The molecule has 1 heterocycles. The van der Waals surface area contributed by atoms with Gasteiger partial charge in [0.15, 0.2) is 12.4 Å². The molecule has 0 fully saturated rings. The molecule has 5 nitrogen and oxygen atoms in total. The highest BCUT2D eigenvalue weighted by atomic mass is 127. The minimum atomic E-state index is -0.429. The number of aromatic nitrogens is 1. The molecule has 100 valence electrons. The standard InChI is InChI=1S/C12H17N2O3.HI/c1-9(2)12(16)17-14(4)11(15)10-6-5-7-13(3)8-10;/h5-9H,1-4H3;1H/q+1;/p-1. The fourth-order valence-electron chi connectivity index (χ4n) is 1.18. The smallest absolute Gasteiger partial charge is 0.335 e. The number of aryl methyl sites for hydroxylation is 1. The summed E-state index contributed by atoms with van der Waals surface area (Å²) in [5.74, 6) is -1.05. The van der Waals surface area contributed by atoms with Gasteiger partial charge >= 0.3 is 5.97 Å². The number of hydrogen-bond donors (Lipinski definition) is 0. The Balaban J connectivity index is 0.00000289. The van der Waals surface area contributed by atoms with Crippen molar-refractivity contribution >= 4 is 11.9 Å². The molecule has 0 aliphatic rings. The third-order valence-corrected chi connectivity index (χ3v) is 2.17. The van der Waals surface area contributed by atoms with Gasteiger partial charge in [-0.3, -0.25) is 4.79 Å². The van der Waals surface area contributed by atoms with Crippen molar-refractivity contribution in [2.75, 3.05) is 7.05 Å². The maximum Gasteiger partial charge on any atom is 0.335 e. The van der Waals surface area contributed by atoms with Crippen LogP contribution < -0.4 is 28.5 Å². The van der Waals surface area contributed by atoms with Crippen molar-refractivity contribution in [1.82, 2.24) is 5.06 Å². The van der Waals surface area contributed by atoms with Crippen LogP contribution in [-0.2, 0) is 16.7 Å². The van der Waals surface area contributed by atoms with E-state index >= 15 is 0 Å². The number of nitrogens with zero attached hydrogens (tertiary/aromatic N) is 2. The lowest BCUT2D eigenvalue weighted by Crippen LogP contribution is -3.00. The fourth-order valence-corrected chi connectivity index (χ4v) is 1.18. The van der Waals surface area contributed by atoms with Crippen LogP contribution in [0.25, 0.3) is 0 Å². The zero-order valence-electron chi connectivity index (χ0n) is 10.9. The van der Waals surface area contributed by atoms with E-state index in [1.165, 1.54) is 7.05 Å². The Hall–Kier alpha value is -1.18. The van der Waals surface area contributed by atoms with Crippen LogP contribution >= 0.6 is 0 Å². The lowest BCUT2D eigenvalue weighted by atomic mass is 10.2. The van der Waals surface area contributed by atoms with Crippen LogP contribution in [0.3, 0.4) is 0 Å². The number of hydroxylamine groups is 2. The highest BCUT2D eigenvalue weighted by Gasteiger charge is 2.19. The Bertz CT molecular complexity index is 435. The van der Waals surface area contributed by atoms with Crippen LogP contribution in [0, 0.1) is 5.92 Å². The van der Waals surface area contributed by atoms with E-state index in [0.29, 0.717) is 5.56 Å². The van der Waals surface area contributed by atoms with Gasteiger partial charge in [-0.15, -0.1) is 0 Å². The number of carbonyl (C=O) groups is 2. The molecule has 0 radical (unpaired) electrons. The minimum absolute atomic E-state index is 0. The SMILES string of the molecule is CC(C)C(=O)ON(C)C(=O)c1ccc[n+](C)c1.[I-]. The van der Waals surface area contributed by atoms with Gasteiger partial charge in [-0.05, 0) is 6.07 Å². The van der Waals surface area contributed by atoms with Gasteiger partial charge in [0.2, 0.25) is 0 Å². The minimum Gasteiger partial charge on any atom is -1.00 e. The van der Waals surface area contributed by atoms with Crippen molar-refractivity contribution < 1.29 is 43.0 Å². The fraction of sp³-hybridized carbons (Fsp3) is 0.417. The van der Waals surface area contributed by atoms with E-state index in [9.17, 15) is 9.59 Å². The first kappa shape index (κ1) is 16.8. The first-order valence-electron chi connectivity index (χ1n) is 5.37. The lowest BCUT2D eigenvalue weighted by Gasteiger charge is -2.16. The maximum atomic E-state index is 11.9. The van der Waals surface area contributed by atoms with E-state index in [4.69, 9.17) is 4.84 Å². The summed E-state index contributed by atoms with van der Waals surface area (Å²) in [5.41, 5.74) is 0.467. The van der Waals surface area contributed by atoms with Gasteiger partial charge in [-0.1, -0.05) is 13.8 Å². The molecule has 1 aromatic heterocycles. The molecule has 0 bridgehead atoms. The molecule has 1 aromatic rings. The number of hydrogen-bond acceptors (Lipinski definition) is 3. The summed E-state index contributed by atoms with van der Waals surface area (Å²) in [4.78, 5) is 28.1. The topological polar surface area (TPSA) is 50.5 Å². The average molecular weight is 364 g/mol. The number of carbonyl (C=O) groups excluding carboxylic acids is 2. The molecule has 0 unspecified atom stereocenters. The largest absolute Gasteiger partial charge is 1.00 e. The normalized spacial score (nSPS) is 9.61. The molecule has 0 N–H and O–H groups in total. The van der Waals surface area contributed by atoms with E-state index in [-0.39, 0.29) is 35.8 Å². The molecule has 0 atom stereocenters. The number of rotatable bonds is 2. The monoisotopic (exact) mass is 364 g/mol. The van der Waals surface area contributed by atoms with Crippen molar-refractivity contribution in [3.8, 4) is 0 Å². The highest BCUT2D eigenvalue weighted by molar-refractivity contribution is 5.93. The van der Waals surface area contributed by atoms with Crippen molar-refractivity contribution in [1.29, 1.82) is 0 Å². The highest BCUT2D eigenvalue weighted by Crippen LogP contribution is 2.04. The van der Waals surface area contributed by atoms with E-state index in [1.807, 2.05) is 13.2 Å². The zero-order chi connectivity index (χ0) is 13.0. The van der Waals surface area contributed by atoms with Crippen LogP contribution in [0.5, 0.6) is 0 Å². The predicted octanol–water partition coefficient (Wildman–Crippen LogP) is -2.30. The summed E-state index contributed by atoms with van der Waals surface area (Å²) in [7, 11) is 3.24. The molecular formula is C12H17IN2O3. The molecule has 1 amide bonds. The first-order chi connectivity index (χ1) is 7.91. The van der Waals surface area contributed by atoms with Crippen molar-refractivity contribution in [2.45, 2.75) is 13.8 Å². The molecule has 18 heavy (non-hydrogen) atoms. The van der Waals surface area contributed by atoms with Gasteiger partial charge < -0.3 is 28.8 Å². The molecular weight excluding hydrogens is 347 g/mol. The lowest BCUT2D eigenvalue weighted by molar-refractivity contribution is -0.671. The summed E-state index contributed by atoms with van der Waals surface area (Å²) in [6.45, 7) is 3.42. The Morgan fingerprint density at radius 3 is 2.50 bits per heavy atom. The summed E-state index contributed by atoms with van der Waals surface area (Å²) in [5, 5.41) is 0.956. The molecule has 0 saturated heterocycles. The Kier molecular flexibility index (Phi) is 6.82. The van der Waals surface area contributed by atoms with Gasteiger partial charge in [0.1, 0.15) is 12.6 Å². The average Bonchev–Trinajstić information content (AvgIpc) is 2.27. The van der Waals surface area contributed by atoms with E-state index in [2.05, 4.69) is 0 Å². The third-order valence-electron chi connectivity index (χ3n) is 2.17. The molecule has 0 saturated carbocycles. The number of pyridine rings is 1. The molecule has 0 aliphatic heterocycles. The summed E-state index contributed by atoms with van der Waals surface area (Å²) >= 11 is 0. The van der Waals surface area contributed by atoms with Crippen LogP contribution in [0.4, 0.5) is 0 Å². The number of halogens is 1. The van der Waals surface area contributed by atoms with Gasteiger partial charge in [0.25, 0.3) is 5.91 Å². The molecule has 1 rings (SSSR count). The van der Waals surface area contributed by atoms with E-state index in [0.717, 1.165) is 5.06 Å². The molecule has 0 spiro atoms. The Morgan fingerprint density at radius 2 is 2.00 bits per heavy atom. The van der Waals surface area contributed by atoms with Gasteiger partial charge in [-0.2, -0.15) is 5.06 Å². The summed E-state index contributed by atoms with van der Waals surface area (Å²) < 4.78 is 1.76. The second-order valence-electron chi connectivity index (χ2n) is 4.13. The van der Waals surface area contributed by atoms with E-state index < -0.39 is 5.97 Å². The Labute approximate surface area is 124 Å². The van der Waals surface area contributed by atoms with Crippen LogP contribution in [-0.4, -0.2) is 24.0 Å². The van der Waals surface area contributed by atoms with E-state index in [1.54, 1.807) is 36.7 Å². The van der Waals surface area contributed by atoms with Crippen LogP contribution in [0.1, 0.15) is 24.2 Å². The van der Waals surface area contributed by atoms with Gasteiger partial charge in [0.05, 0.1) is 5.92 Å². The van der Waals surface area contributed by atoms with Crippen molar-refractivity contribution in [3.05, 3.63) is 30.1 Å². The summed E-state index contributed by atoms with van der Waals surface area (Å²) in [6.07, 6.45) is 3.49. The second kappa shape index (κ2) is 7.30. The quantitative estimate of drug-likeness (QED) is 0.337. The maximum absolute atomic E-state index is 11.9. The predicted molar refractivity (Wildman–Crippen MR) is 60.6 cm³/mol. The van der Waals surface area contributed by atoms with Gasteiger partial charge in [-0.25, -0.2) is 9.36 Å². The van der Waals surface area contributed by atoms with Crippen LogP contribution in [0.2, 0.25) is 0 Å². The zero-order valence-corrected chi connectivity index (χ0v) is 13.0. The first-order valence-corrected chi connectivity index (χ1v) is 5.37. The van der Waals surface area contributed by atoms with Crippen molar-refractivity contribution in [3.63, 3.8) is 0 Å².